The molecule has 0 radical (unpaired) electrons. The van der Waals surface area contributed by atoms with Gasteiger partial charge in [-0.25, -0.2) is 4.39 Å². The fraction of sp³-hybridized carbons (Fsp3) is 0.400. The van der Waals surface area contributed by atoms with E-state index in [1.54, 1.807) is 36.7 Å². The summed E-state index contributed by atoms with van der Waals surface area (Å²) < 4.78 is 13.0. The van der Waals surface area contributed by atoms with Crippen LogP contribution in [0.4, 0.5) is 4.39 Å². The molecule has 6 heteroatoms. The monoisotopic (exact) mass is 421 g/mol. The maximum atomic E-state index is 13.0. The first-order valence-electron chi connectivity index (χ1n) is 10.9. The van der Waals surface area contributed by atoms with E-state index >= 15 is 0 Å². The molecule has 2 fully saturated rings. The molecule has 0 bridgehead atoms. The molecule has 1 aliphatic heterocycles. The molecule has 1 saturated heterocycles. The number of hydrogen-bond acceptors (Lipinski definition) is 3. The summed E-state index contributed by atoms with van der Waals surface area (Å²) in [6, 6.07) is 10.1. The van der Waals surface area contributed by atoms with E-state index in [1.807, 2.05) is 17.0 Å². The number of hydrogen-bond donors (Lipinski definition) is 1. The number of benzene rings is 1. The molecule has 2 amide bonds. The van der Waals surface area contributed by atoms with Gasteiger partial charge in [-0.3, -0.25) is 14.6 Å². The quantitative estimate of drug-likeness (QED) is 0.549. The molecule has 0 unspecified atom stereocenters. The van der Waals surface area contributed by atoms with Crippen molar-refractivity contribution >= 4 is 17.9 Å². The van der Waals surface area contributed by atoms with Gasteiger partial charge in [-0.05, 0) is 79.0 Å². The maximum Gasteiger partial charge on any atom is 0.246 e. The standard InChI is InChI=1S/C25H28FN3O2/c26-21-6-3-20(4-7-21)5-8-23(30)29-16-11-25(12-17-29)18-22(25)24(31)28-13-1-2-19-9-14-27-15-10-19/h3-10,14-15,22H,1-2,11-13,16-18H2,(H,28,31)/b8-5+/t22-/m1/s1. The van der Waals surface area contributed by atoms with Crippen molar-refractivity contribution in [3.63, 3.8) is 0 Å². The van der Waals surface area contributed by atoms with Crippen LogP contribution in [0.15, 0.2) is 54.9 Å². The molecule has 1 aromatic heterocycles. The number of nitrogens with zero attached hydrogens (tertiary/aromatic N) is 2. The predicted molar refractivity (Wildman–Crippen MR) is 117 cm³/mol. The van der Waals surface area contributed by atoms with Crippen molar-refractivity contribution in [2.45, 2.75) is 32.1 Å². The number of piperidine rings is 1. The Balaban J connectivity index is 1.18. The summed E-state index contributed by atoms with van der Waals surface area (Å²) in [5, 5.41) is 3.09. The Kier molecular flexibility index (Phi) is 6.44. The predicted octanol–water partition coefficient (Wildman–Crippen LogP) is 3.61. The van der Waals surface area contributed by atoms with Crippen molar-refractivity contribution < 1.29 is 14.0 Å². The lowest BCUT2D eigenvalue weighted by Gasteiger charge is -2.32. The third kappa shape index (κ3) is 5.37. The molecule has 1 aliphatic carbocycles. The van der Waals surface area contributed by atoms with E-state index < -0.39 is 0 Å². The Labute approximate surface area is 182 Å². The Morgan fingerprint density at radius 1 is 1.13 bits per heavy atom. The minimum Gasteiger partial charge on any atom is -0.356 e. The summed E-state index contributed by atoms with van der Waals surface area (Å²) in [7, 11) is 0. The smallest absolute Gasteiger partial charge is 0.246 e. The second kappa shape index (κ2) is 9.41. The summed E-state index contributed by atoms with van der Waals surface area (Å²) in [6.07, 6.45) is 11.4. The van der Waals surface area contributed by atoms with Crippen LogP contribution in [0.3, 0.4) is 0 Å². The van der Waals surface area contributed by atoms with Gasteiger partial charge in [-0.15, -0.1) is 0 Å². The number of nitrogens with one attached hydrogen (secondary N) is 1. The number of likely N-dealkylation sites (tertiary alicyclic amines) is 1. The topological polar surface area (TPSA) is 62.3 Å². The number of amides is 2. The molecule has 2 aliphatic rings. The molecule has 2 heterocycles. The first-order valence-corrected chi connectivity index (χ1v) is 10.9. The van der Waals surface area contributed by atoms with Crippen molar-refractivity contribution in [3.8, 4) is 0 Å². The number of aromatic nitrogens is 1. The molecule has 31 heavy (non-hydrogen) atoms. The van der Waals surface area contributed by atoms with Gasteiger partial charge in [0.1, 0.15) is 5.82 Å². The summed E-state index contributed by atoms with van der Waals surface area (Å²) in [5.41, 5.74) is 2.11. The van der Waals surface area contributed by atoms with Gasteiger partial charge in [0.2, 0.25) is 11.8 Å². The van der Waals surface area contributed by atoms with Crippen molar-refractivity contribution in [1.82, 2.24) is 15.2 Å². The van der Waals surface area contributed by atoms with Gasteiger partial charge in [0.25, 0.3) is 0 Å². The van der Waals surface area contributed by atoms with Crippen LogP contribution in [-0.2, 0) is 16.0 Å². The maximum absolute atomic E-state index is 13.0. The van der Waals surface area contributed by atoms with E-state index in [-0.39, 0.29) is 29.0 Å². The van der Waals surface area contributed by atoms with Crippen molar-refractivity contribution in [2.24, 2.45) is 11.3 Å². The van der Waals surface area contributed by atoms with E-state index in [4.69, 9.17) is 0 Å². The zero-order valence-corrected chi connectivity index (χ0v) is 17.6. The molecule has 1 spiro atoms. The number of aryl methyl sites for hydroxylation is 1. The minimum absolute atomic E-state index is 0.0306. The molecular formula is C25H28FN3O2. The van der Waals surface area contributed by atoms with Gasteiger partial charge in [-0.1, -0.05) is 12.1 Å². The molecular weight excluding hydrogens is 393 g/mol. The lowest BCUT2D eigenvalue weighted by molar-refractivity contribution is -0.127. The average molecular weight is 422 g/mol. The van der Waals surface area contributed by atoms with Crippen LogP contribution in [0.5, 0.6) is 0 Å². The van der Waals surface area contributed by atoms with Gasteiger partial charge in [0.05, 0.1) is 0 Å². The van der Waals surface area contributed by atoms with Crippen LogP contribution in [0.2, 0.25) is 0 Å². The normalized spacial score (nSPS) is 19.5. The van der Waals surface area contributed by atoms with E-state index in [2.05, 4.69) is 10.3 Å². The number of halogens is 1. The lowest BCUT2D eigenvalue weighted by Crippen LogP contribution is -2.40. The summed E-state index contributed by atoms with van der Waals surface area (Å²) in [6.45, 7) is 2.04. The fourth-order valence-electron chi connectivity index (χ4n) is 4.47. The van der Waals surface area contributed by atoms with Crippen LogP contribution in [0.25, 0.3) is 6.08 Å². The van der Waals surface area contributed by atoms with E-state index in [1.165, 1.54) is 17.7 Å². The third-order valence-corrected chi connectivity index (χ3v) is 6.56. The highest BCUT2D eigenvalue weighted by Gasteiger charge is 2.58. The van der Waals surface area contributed by atoms with Crippen molar-refractivity contribution in [1.29, 1.82) is 0 Å². The van der Waals surface area contributed by atoms with Crippen LogP contribution in [-0.4, -0.2) is 41.3 Å². The molecule has 1 atom stereocenters. The van der Waals surface area contributed by atoms with E-state index in [0.29, 0.717) is 19.6 Å². The molecule has 4 rings (SSSR count). The van der Waals surface area contributed by atoms with Gasteiger partial charge >= 0.3 is 0 Å². The Morgan fingerprint density at radius 3 is 2.55 bits per heavy atom. The molecule has 1 aromatic carbocycles. The molecule has 1 saturated carbocycles. The largest absolute Gasteiger partial charge is 0.356 e. The van der Waals surface area contributed by atoms with Gasteiger partial charge in [-0.2, -0.15) is 0 Å². The molecule has 5 nitrogen and oxygen atoms in total. The zero-order chi connectivity index (χ0) is 21.7. The van der Waals surface area contributed by atoms with Crippen molar-refractivity contribution in [2.75, 3.05) is 19.6 Å². The minimum atomic E-state index is -0.290. The van der Waals surface area contributed by atoms with E-state index in [0.717, 1.165) is 37.7 Å². The van der Waals surface area contributed by atoms with Gasteiger partial charge < -0.3 is 10.2 Å². The fourth-order valence-corrected chi connectivity index (χ4v) is 4.47. The first kappa shape index (κ1) is 21.2. The Bertz CT molecular complexity index is 935. The van der Waals surface area contributed by atoms with Gasteiger partial charge in [0, 0.05) is 44.0 Å². The van der Waals surface area contributed by atoms with Crippen LogP contribution in [0, 0.1) is 17.2 Å². The zero-order valence-electron chi connectivity index (χ0n) is 17.6. The first-order chi connectivity index (χ1) is 15.1. The number of carbonyl (C=O) groups excluding carboxylic acids is 2. The lowest BCUT2D eigenvalue weighted by atomic mass is 9.90. The Hall–Kier alpha value is -3.02. The summed E-state index contributed by atoms with van der Waals surface area (Å²) >= 11 is 0. The number of carbonyl (C=O) groups is 2. The third-order valence-electron chi connectivity index (χ3n) is 6.56. The van der Waals surface area contributed by atoms with Crippen LogP contribution in [0.1, 0.15) is 36.8 Å². The highest BCUT2D eigenvalue weighted by atomic mass is 19.1. The van der Waals surface area contributed by atoms with E-state index in [9.17, 15) is 14.0 Å². The van der Waals surface area contributed by atoms with Crippen molar-refractivity contribution in [3.05, 3.63) is 71.8 Å². The molecule has 1 N–H and O–H groups in total. The Morgan fingerprint density at radius 2 is 1.84 bits per heavy atom. The molecule has 162 valence electrons. The average Bonchev–Trinajstić information content (AvgIpc) is 3.50. The van der Waals surface area contributed by atoms with Crippen LogP contribution >= 0.6 is 0 Å². The summed E-state index contributed by atoms with van der Waals surface area (Å²) in [5.74, 6) is -0.0790. The SMILES string of the molecule is O=C(NCCCc1ccncc1)[C@H]1CC12CCN(C(=O)/C=C/c1ccc(F)cc1)CC2. The second-order valence-electron chi connectivity index (χ2n) is 8.58. The molecule has 2 aromatic rings. The highest BCUT2D eigenvalue weighted by molar-refractivity contribution is 5.92. The van der Waals surface area contributed by atoms with Crippen LogP contribution < -0.4 is 5.32 Å². The second-order valence-corrected chi connectivity index (χ2v) is 8.58. The van der Waals surface area contributed by atoms with Gasteiger partial charge in [0.15, 0.2) is 0 Å². The highest BCUT2D eigenvalue weighted by Crippen LogP contribution is 2.59. The number of pyridine rings is 1. The summed E-state index contributed by atoms with van der Waals surface area (Å²) in [4.78, 5) is 30.9. The number of rotatable bonds is 7.